The van der Waals surface area contributed by atoms with Crippen molar-refractivity contribution in [2.45, 2.75) is 0 Å². The van der Waals surface area contributed by atoms with Gasteiger partial charge in [0.1, 0.15) is 5.82 Å². The third kappa shape index (κ3) is 6.13. The van der Waals surface area contributed by atoms with Gasteiger partial charge in [-0.25, -0.2) is 9.97 Å². The summed E-state index contributed by atoms with van der Waals surface area (Å²) >= 11 is 0. The predicted octanol–water partition coefficient (Wildman–Crippen LogP) is 14.1. The molecule has 6 aromatic carbocycles. The van der Waals surface area contributed by atoms with Gasteiger partial charge in [0.15, 0.2) is 0 Å². The van der Waals surface area contributed by atoms with Gasteiger partial charge in [0, 0.05) is 91.1 Å². The van der Waals surface area contributed by atoms with Gasteiger partial charge in [-0.1, -0.05) is 103 Å². The molecule has 0 aliphatic rings. The molecule has 0 fully saturated rings. The summed E-state index contributed by atoms with van der Waals surface area (Å²) in [7, 11) is 0. The summed E-state index contributed by atoms with van der Waals surface area (Å²) in [6.07, 6.45) is 9.54. The minimum absolute atomic E-state index is 0.815. The van der Waals surface area contributed by atoms with Crippen LogP contribution >= 0.6 is 0 Å². The van der Waals surface area contributed by atoms with Gasteiger partial charge in [-0.15, -0.1) is 0 Å². The molecule has 0 N–H and O–H groups in total. The number of hydrogen-bond acceptors (Lipinski definition) is 6. The van der Waals surface area contributed by atoms with Crippen molar-refractivity contribution in [3.63, 3.8) is 0 Å². The Morgan fingerprint density at radius 3 is 1.60 bits per heavy atom. The summed E-state index contributed by atoms with van der Waals surface area (Å²) in [5.74, 6) is 0.815. The lowest BCUT2D eigenvalue weighted by Gasteiger charge is -2.13. The molecule has 0 radical (unpaired) electrons. The third-order valence-electron chi connectivity index (χ3n) is 12.6. The zero-order chi connectivity index (χ0) is 42.8. The topological polar surface area (TPSA) is 82.3 Å². The number of nitrogens with zero attached hydrogens (tertiary/aromatic N) is 7. The Morgan fingerprint density at radius 1 is 0.338 bits per heavy atom. The number of hydrogen-bond donors (Lipinski definition) is 0. The molecule has 0 saturated carbocycles. The SMILES string of the molecule is c1ccc2nc(-c3ccc(-n4c5ccc(-c6ccc(-c7nccc8ccccc78)cn6)cc5c5cc(-c6ccc(-c7nccc8ccccc78)cn6)c6ccccc6c54)nc3)ccc2c1. The molecule has 0 spiro atoms. The quantitative estimate of drug-likeness (QED) is 0.166. The van der Waals surface area contributed by atoms with E-state index in [9.17, 15) is 0 Å². The maximum absolute atomic E-state index is 5.15. The van der Waals surface area contributed by atoms with E-state index in [-0.39, 0.29) is 0 Å². The molecule has 0 aliphatic heterocycles. The van der Waals surface area contributed by atoms with E-state index in [4.69, 9.17) is 29.9 Å². The smallest absolute Gasteiger partial charge is 0.137 e. The summed E-state index contributed by atoms with van der Waals surface area (Å²) in [6, 6.07) is 63.4. The van der Waals surface area contributed by atoms with Crippen LogP contribution in [0.4, 0.5) is 0 Å². The Hall–Kier alpha value is -8.94. The fourth-order valence-electron chi connectivity index (χ4n) is 9.48. The predicted molar refractivity (Wildman–Crippen MR) is 265 cm³/mol. The number of rotatable bonds is 6. The van der Waals surface area contributed by atoms with Gasteiger partial charge in [0.25, 0.3) is 0 Å². The Labute approximate surface area is 373 Å². The van der Waals surface area contributed by atoms with Crippen molar-refractivity contribution in [2.75, 3.05) is 0 Å². The van der Waals surface area contributed by atoms with Crippen molar-refractivity contribution in [2.24, 2.45) is 0 Å². The second-order valence-corrected chi connectivity index (χ2v) is 16.4. The van der Waals surface area contributed by atoms with Gasteiger partial charge in [0.05, 0.1) is 45.0 Å². The zero-order valence-corrected chi connectivity index (χ0v) is 34.8. The molecule has 0 atom stereocenters. The standard InChI is InChI=1S/C58H35N7/c1-4-12-43-36(9-1)27-29-59-56(43)41-18-22-50(61-34-41)39-20-25-54-48(31-39)49-32-47(53-24-19-42(35-62-53)57-44-13-5-2-10-37(44)28-30-60-57)45-14-6-7-15-46(45)58(49)65(54)55-26-21-40(33-63-55)52-23-17-38-11-3-8-16-51(38)64-52/h1-35H. The van der Waals surface area contributed by atoms with Gasteiger partial charge in [-0.05, 0) is 95.0 Å². The van der Waals surface area contributed by atoms with Gasteiger partial charge in [-0.2, -0.15) is 0 Å². The Bertz CT molecular complexity index is 3980. The number of para-hydroxylation sites is 1. The van der Waals surface area contributed by atoms with Gasteiger partial charge in [0.2, 0.25) is 0 Å². The first-order valence-electron chi connectivity index (χ1n) is 21.7. The second kappa shape index (κ2) is 14.9. The molecule has 7 heterocycles. The van der Waals surface area contributed by atoms with Crippen molar-refractivity contribution in [1.29, 1.82) is 0 Å². The van der Waals surface area contributed by atoms with Crippen LogP contribution in [0.15, 0.2) is 213 Å². The maximum atomic E-state index is 5.15. The molecule has 65 heavy (non-hydrogen) atoms. The maximum Gasteiger partial charge on any atom is 0.137 e. The fraction of sp³-hybridized carbons (Fsp3) is 0. The highest BCUT2D eigenvalue weighted by Gasteiger charge is 2.21. The van der Waals surface area contributed by atoms with E-state index in [0.29, 0.717) is 0 Å². The number of pyridine rings is 6. The first-order valence-corrected chi connectivity index (χ1v) is 21.7. The van der Waals surface area contributed by atoms with Crippen LogP contribution in [-0.4, -0.2) is 34.5 Å². The zero-order valence-electron chi connectivity index (χ0n) is 34.8. The van der Waals surface area contributed by atoms with Crippen LogP contribution in [0.25, 0.3) is 127 Å². The normalized spacial score (nSPS) is 11.7. The Kier molecular flexibility index (Phi) is 8.39. The van der Waals surface area contributed by atoms with Crippen molar-refractivity contribution >= 4 is 65.0 Å². The van der Waals surface area contributed by atoms with Crippen molar-refractivity contribution in [3.8, 4) is 62.1 Å². The van der Waals surface area contributed by atoms with Crippen LogP contribution in [0, 0.1) is 0 Å². The molecule has 0 saturated heterocycles. The van der Waals surface area contributed by atoms with Crippen LogP contribution in [0.5, 0.6) is 0 Å². The lowest BCUT2D eigenvalue weighted by atomic mass is 9.96. The Balaban J connectivity index is 0.982. The van der Waals surface area contributed by atoms with Crippen molar-refractivity contribution in [1.82, 2.24) is 34.5 Å². The molecule has 13 aromatic rings. The molecule has 7 heteroatoms. The Morgan fingerprint density at radius 2 is 0.923 bits per heavy atom. The van der Waals surface area contributed by atoms with Gasteiger partial charge < -0.3 is 0 Å². The van der Waals surface area contributed by atoms with Crippen LogP contribution < -0.4 is 0 Å². The summed E-state index contributed by atoms with van der Waals surface area (Å²) in [5, 5.41) is 10.00. The van der Waals surface area contributed by atoms with E-state index in [0.717, 1.165) is 127 Å². The van der Waals surface area contributed by atoms with Crippen molar-refractivity contribution in [3.05, 3.63) is 213 Å². The molecule has 0 aliphatic carbocycles. The van der Waals surface area contributed by atoms with Crippen LogP contribution in [0.2, 0.25) is 0 Å². The molecule has 7 nitrogen and oxygen atoms in total. The summed E-state index contributed by atoms with van der Waals surface area (Å²) < 4.78 is 2.30. The lowest BCUT2D eigenvalue weighted by Crippen LogP contribution is -1.98. The first kappa shape index (κ1) is 36.7. The van der Waals surface area contributed by atoms with E-state index in [1.807, 2.05) is 61.3 Å². The van der Waals surface area contributed by atoms with Crippen molar-refractivity contribution < 1.29 is 0 Å². The van der Waals surface area contributed by atoms with Crippen LogP contribution in [0.1, 0.15) is 0 Å². The highest BCUT2D eigenvalue weighted by atomic mass is 15.1. The number of fused-ring (bicyclic) bond motifs is 8. The fourth-order valence-corrected chi connectivity index (χ4v) is 9.48. The minimum Gasteiger partial charge on any atom is -0.293 e. The molecule has 0 amide bonds. The minimum atomic E-state index is 0.815. The molecule has 0 unspecified atom stereocenters. The average molecular weight is 830 g/mol. The third-order valence-corrected chi connectivity index (χ3v) is 12.6. The van der Waals surface area contributed by atoms with E-state index in [1.54, 1.807) is 0 Å². The van der Waals surface area contributed by atoms with E-state index in [1.165, 1.54) is 0 Å². The van der Waals surface area contributed by atoms with Gasteiger partial charge >= 0.3 is 0 Å². The molecular weight excluding hydrogens is 795 g/mol. The summed E-state index contributed by atoms with van der Waals surface area (Å²) in [6.45, 7) is 0. The number of benzene rings is 6. The molecule has 13 rings (SSSR count). The first-order chi connectivity index (χ1) is 32.2. The lowest BCUT2D eigenvalue weighted by molar-refractivity contribution is 1.08. The van der Waals surface area contributed by atoms with E-state index < -0.39 is 0 Å². The largest absolute Gasteiger partial charge is 0.293 e. The van der Waals surface area contributed by atoms with Crippen LogP contribution in [-0.2, 0) is 0 Å². The van der Waals surface area contributed by atoms with E-state index in [2.05, 4.69) is 156 Å². The molecule has 7 aromatic heterocycles. The summed E-state index contributed by atoms with van der Waals surface area (Å²) in [5.41, 5.74) is 12.5. The van der Waals surface area contributed by atoms with Gasteiger partial charge in [-0.3, -0.25) is 24.5 Å². The second-order valence-electron chi connectivity index (χ2n) is 16.4. The van der Waals surface area contributed by atoms with Crippen LogP contribution in [0.3, 0.4) is 0 Å². The number of aromatic nitrogens is 7. The highest BCUT2D eigenvalue weighted by Crippen LogP contribution is 2.42. The monoisotopic (exact) mass is 829 g/mol. The molecular formula is C58H35N7. The van der Waals surface area contributed by atoms with E-state index >= 15 is 0 Å². The average Bonchev–Trinajstić information content (AvgIpc) is 3.72. The summed E-state index contributed by atoms with van der Waals surface area (Å²) in [4.78, 5) is 29.8. The molecule has 302 valence electrons. The highest BCUT2D eigenvalue weighted by molar-refractivity contribution is 6.22. The molecule has 0 bridgehead atoms.